The Morgan fingerprint density at radius 2 is 2.22 bits per heavy atom. The summed E-state index contributed by atoms with van der Waals surface area (Å²) < 4.78 is 46.8. The number of nitrogens with one attached hydrogen (secondary N) is 1. The molecule has 148 valence electrons. The molecule has 1 N–H and O–H groups in total. The minimum absolute atomic E-state index is 0. The molecule has 1 atom stereocenters. The van der Waals surface area contributed by atoms with Crippen molar-refractivity contribution in [3.8, 4) is 0 Å². The van der Waals surface area contributed by atoms with Gasteiger partial charge in [-0.05, 0) is 17.7 Å². The van der Waals surface area contributed by atoms with E-state index >= 15 is 0 Å². The van der Waals surface area contributed by atoms with E-state index in [-0.39, 0.29) is 30.4 Å². The van der Waals surface area contributed by atoms with Gasteiger partial charge in [-0.2, -0.15) is 9.40 Å². The van der Waals surface area contributed by atoms with Crippen LogP contribution in [0.2, 0.25) is 0 Å². The number of sulfonamides is 1. The first-order valence-electron chi connectivity index (χ1n) is 7.99. The van der Waals surface area contributed by atoms with Gasteiger partial charge in [0.2, 0.25) is 10.0 Å². The molecular weight excluding hydrogens is 399 g/mol. The molecule has 0 saturated carbocycles. The van der Waals surface area contributed by atoms with Gasteiger partial charge in [0.15, 0.2) is 0 Å². The molecule has 2 aromatic rings. The van der Waals surface area contributed by atoms with E-state index < -0.39 is 27.9 Å². The molecule has 0 bridgehead atoms. The Morgan fingerprint density at radius 3 is 2.93 bits per heavy atom. The average molecular weight is 419 g/mol. The Kier molecular flexibility index (Phi) is 6.93. The lowest BCUT2D eigenvalue weighted by atomic mass is 10.1. The molecule has 1 aliphatic heterocycles. The number of aromatic nitrogens is 2. The van der Waals surface area contributed by atoms with Gasteiger partial charge in [0, 0.05) is 25.8 Å². The molecule has 11 heteroatoms. The Hall–Kier alpha value is -2.01. The smallest absolute Gasteiger partial charge is 0.327 e. The summed E-state index contributed by atoms with van der Waals surface area (Å²) in [4.78, 5) is 11.3. The third kappa shape index (κ3) is 4.64. The Morgan fingerprint density at radius 1 is 1.44 bits per heavy atom. The molecule has 0 amide bonds. The van der Waals surface area contributed by atoms with Crippen molar-refractivity contribution in [2.24, 2.45) is 0 Å². The van der Waals surface area contributed by atoms with Crippen molar-refractivity contribution in [1.29, 1.82) is 0 Å². The lowest BCUT2D eigenvalue weighted by Crippen LogP contribution is -2.48. The van der Waals surface area contributed by atoms with Gasteiger partial charge in [-0.1, -0.05) is 12.1 Å². The number of benzene rings is 1. The highest BCUT2D eigenvalue weighted by Crippen LogP contribution is 2.29. The number of methoxy groups -OCH3 is 1. The second-order valence-electron chi connectivity index (χ2n) is 5.84. The highest BCUT2D eigenvalue weighted by molar-refractivity contribution is 7.89. The number of ether oxygens (including phenoxy) is 1. The quantitative estimate of drug-likeness (QED) is 0.727. The predicted molar refractivity (Wildman–Crippen MR) is 97.4 cm³/mol. The fraction of sp³-hybridized carbons (Fsp3) is 0.375. The van der Waals surface area contributed by atoms with E-state index in [0.717, 1.165) is 0 Å². The Labute approximate surface area is 162 Å². The maximum atomic E-state index is 13.6. The first-order chi connectivity index (χ1) is 12.4. The summed E-state index contributed by atoms with van der Waals surface area (Å²) >= 11 is 0. The van der Waals surface area contributed by atoms with Crippen molar-refractivity contribution < 1.29 is 22.3 Å². The van der Waals surface area contributed by atoms with E-state index in [1.807, 2.05) is 0 Å². The standard InChI is InChI=1S/C16H19FN4O4S.ClH/c1-25-16(22)11-20-10-14(8-19-20)26(23,24)21-6-5-18-9-15(21)12-3-2-4-13(17)7-12;/h2-4,7-8,10,15,18H,5-6,9,11H2,1H3;1H. The number of rotatable bonds is 5. The fourth-order valence-electron chi connectivity index (χ4n) is 2.87. The third-order valence-corrected chi connectivity index (χ3v) is 6.02. The highest BCUT2D eigenvalue weighted by atomic mass is 35.5. The normalized spacial score (nSPS) is 17.9. The molecular formula is C16H20ClFN4O4S. The van der Waals surface area contributed by atoms with Gasteiger partial charge in [0.05, 0.1) is 19.3 Å². The fourth-order valence-corrected chi connectivity index (χ4v) is 4.44. The molecule has 8 nitrogen and oxygen atoms in total. The van der Waals surface area contributed by atoms with Crippen LogP contribution in [0, 0.1) is 5.82 Å². The van der Waals surface area contributed by atoms with E-state index in [0.29, 0.717) is 18.7 Å². The number of carbonyl (C=O) groups excluding carboxylic acids is 1. The molecule has 0 aliphatic carbocycles. The average Bonchev–Trinajstić information content (AvgIpc) is 3.11. The molecule has 1 aliphatic rings. The van der Waals surface area contributed by atoms with Crippen LogP contribution in [-0.2, 0) is 26.1 Å². The minimum Gasteiger partial charge on any atom is -0.468 e. The summed E-state index contributed by atoms with van der Waals surface area (Å²) in [5.41, 5.74) is 0.572. The number of hydrogen-bond donors (Lipinski definition) is 1. The van der Waals surface area contributed by atoms with Crippen molar-refractivity contribution in [2.75, 3.05) is 26.7 Å². The van der Waals surface area contributed by atoms with Crippen LogP contribution in [-0.4, -0.2) is 55.2 Å². The van der Waals surface area contributed by atoms with Crippen LogP contribution in [0.1, 0.15) is 11.6 Å². The van der Waals surface area contributed by atoms with Crippen LogP contribution in [0.25, 0.3) is 0 Å². The van der Waals surface area contributed by atoms with Crippen molar-refractivity contribution in [1.82, 2.24) is 19.4 Å². The zero-order valence-electron chi connectivity index (χ0n) is 14.5. The van der Waals surface area contributed by atoms with Gasteiger partial charge in [0.25, 0.3) is 0 Å². The van der Waals surface area contributed by atoms with Gasteiger partial charge in [0.1, 0.15) is 17.3 Å². The molecule has 3 rings (SSSR count). The summed E-state index contributed by atoms with van der Waals surface area (Å²) in [7, 11) is -2.61. The highest BCUT2D eigenvalue weighted by Gasteiger charge is 2.35. The van der Waals surface area contributed by atoms with Gasteiger partial charge < -0.3 is 10.1 Å². The monoisotopic (exact) mass is 418 g/mol. The van der Waals surface area contributed by atoms with E-state index in [4.69, 9.17) is 0 Å². The van der Waals surface area contributed by atoms with Crippen LogP contribution in [0.15, 0.2) is 41.6 Å². The molecule has 27 heavy (non-hydrogen) atoms. The van der Waals surface area contributed by atoms with E-state index in [2.05, 4.69) is 15.2 Å². The van der Waals surface area contributed by atoms with Gasteiger partial charge in [-0.25, -0.2) is 12.8 Å². The van der Waals surface area contributed by atoms with Gasteiger partial charge in [-0.3, -0.25) is 9.48 Å². The summed E-state index contributed by atoms with van der Waals surface area (Å²) in [5, 5.41) is 7.05. The van der Waals surface area contributed by atoms with Crippen molar-refractivity contribution >= 4 is 28.4 Å². The van der Waals surface area contributed by atoms with Crippen LogP contribution >= 0.6 is 12.4 Å². The summed E-state index contributed by atoms with van der Waals surface area (Å²) in [6.07, 6.45) is 2.49. The second kappa shape index (κ2) is 8.79. The number of halogens is 2. The van der Waals surface area contributed by atoms with Crippen LogP contribution in [0.3, 0.4) is 0 Å². The van der Waals surface area contributed by atoms with E-state index in [1.165, 1.54) is 40.6 Å². The molecule has 1 aromatic carbocycles. The number of nitrogens with zero attached hydrogens (tertiary/aromatic N) is 3. The predicted octanol–water partition coefficient (Wildman–Crippen LogP) is 0.952. The van der Waals surface area contributed by atoms with Crippen LogP contribution in [0.4, 0.5) is 4.39 Å². The van der Waals surface area contributed by atoms with Crippen LogP contribution in [0.5, 0.6) is 0 Å². The summed E-state index contributed by atoms with van der Waals surface area (Å²) in [6.45, 7) is 0.924. The maximum Gasteiger partial charge on any atom is 0.327 e. The first-order valence-corrected chi connectivity index (χ1v) is 9.43. The number of piperazine rings is 1. The Bertz CT molecular complexity index is 905. The molecule has 2 heterocycles. The lowest BCUT2D eigenvalue weighted by Gasteiger charge is -2.35. The van der Waals surface area contributed by atoms with Gasteiger partial charge >= 0.3 is 5.97 Å². The Balaban J connectivity index is 0.00000261. The summed E-state index contributed by atoms with van der Waals surface area (Å²) in [5.74, 6) is -0.951. The minimum atomic E-state index is -3.86. The molecule has 0 radical (unpaired) electrons. The lowest BCUT2D eigenvalue weighted by molar-refractivity contribution is -0.141. The maximum absolute atomic E-state index is 13.6. The zero-order valence-corrected chi connectivity index (χ0v) is 16.2. The van der Waals surface area contributed by atoms with E-state index in [1.54, 1.807) is 12.1 Å². The number of esters is 1. The van der Waals surface area contributed by atoms with Crippen molar-refractivity contribution in [2.45, 2.75) is 17.5 Å². The molecule has 1 aromatic heterocycles. The molecule has 1 saturated heterocycles. The number of carbonyl (C=O) groups is 1. The summed E-state index contributed by atoms with van der Waals surface area (Å²) in [6, 6.07) is 5.37. The first kappa shape index (κ1) is 21.3. The van der Waals surface area contributed by atoms with Crippen LogP contribution < -0.4 is 5.32 Å². The van der Waals surface area contributed by atoms with E-state index in [9.17, 15) is 17.6 Å². The molecule has 1 fully saturated rings. The SMILES string of the molecule is COC(=O)Cn1cc(S(=O)(=O)N2CCNCC2c2cccc(F)c2)cn1.Cl. The molecule has 1 unspecified atom stereocenters. The topological polar surface area (TPSA) is 93.5 Å². The van der Waals surface area contributed by atoms with Gasteiger partial charge in [-0.15, -0.1) is 12.4 Å². The zero-order chi connectivity index (χ0) is 18.7. The second-order valence-corrected chi connectivity index (χ2v) is 7.73. The third-order valence-electron chi connectivity index (χ3n) is 4.16. The number of hydrogen-bond acceptors (Lipinski definition) is 6. The largest absolute Gasteiger partial charge is 0.468 e. The van der Waals surface area contributed by atoms with Crippen molar-refractivity contribution in [3.63, 3.8) is 0 Å². The molecule has 0 spiro atoms. The van der Waals surface area contributed by atoms with Crippen molar-refractivity contribution in [3.05, 3.63) is 48.0 Å².